The zero-order valence-corrected chi connectivity index (χ0v) is 9.70. The molecule has 0 saturated carbocycles. The van der Waals surface area contributed by atoms with E-state index in [2.05, 4.69) is 10.6 Å². The van der Waals surface area contributed by atoms with Crippen LogP contribution in [0.4, 0.5) is 10.5 Å². The van der Waals surface area contributed by atoms with Crippen LogP contribution in [0.5, 0.6) is 0 Å². The first kappa shape index (κ1) is 12.2. The van der Waals surface area contributed by atoms with Crippen LogP contribution in [0.1, 0.15) is 19.4 Å². The molecule has 0 radical (unpaired) electrons. The summed E-state index contributed by atoms with van der Waals surface area (Å²) in [6.07, 6.45) is 0. The third kappa shape index (κ3) is 3.73. The second-order valence-electron chi connectivity index (χ2n) is 3.80. The molecule has 16 heavy (non-hydrogen) atoms. The lowest BCUT2D eigenvalue weighted by Crippen LogP contribution is -2.39. The molecule has 0 aliphatic carbocycles. The molecule has 0 spiro atoms. The second kappa shape index (κ2) is 5.30. The lowest BCUT2D eigenvalue weighted by Gasteiger charge is -2.11. The fraction of sp³-hybridized carbons (Fsp3) is 0.333. The quantitative estimate of drug-likeness (QED) is 0.819. The van der Waals surface area contributed by atoms with Gasteiger partial charge in [0.25, 0.3) is 0 Å². The number of amides is 2. The Morgan fingerprint density at radius 1 is 1.19 bits per heavy atom. The van der Waals surface area contributed by atoms with Crippen molar-refractivity contribution < 1.29 is 9.59 Å². The normalized spacial score (nSPS) is 11.7. The summed E-state index contributed by atoms with van der Waals surface area (Å²) in [4.78, 5) is 22.4. The summed E-state index contributed by atoms with van der Waals surface area (Å²) in [6, 6.07) is 6.60. The van der Waals surface area contributed by atoms with E-state index in [-0.39, 0.29) is 11.8 Å². The number of rotatable bonds is 3. The van der Waals surface area contributed by atoms with Gasteiger partial charge in [0.15, 0.2) is 5.78 Å². The monoisotopic (exact) mass is 220 g/mol. The van der Waals surface area contributed by atoms with Crippen molar-refractivity contribution in [2.75, 3.05) is 5.32 Å². The van der Waals surface area contributed by atoms with E-state index in [1.165, 1.54) is 6.92 Å². The summed E-state index contributed by atoms with van der Waals surface area (Å²) in [5.74, 6) is -0.0703. The van der Waals surface area contributed by atoms with Crippen molar-refractivity contribution in [1.82, 2.24) is 5.32 Å². The van der Waals surface area contributed by atoms with Gasteiger partial charge in [0.1, 0.15) is 0 Å². The van der Waals surface area contributed by atoms with Crippen LogP contribution in [-0.4, -0.2) is 17.9 Å². The molecule has 1 unspecified atom stereocenters. The van der Waals surface area contributed by atoms with Gasteiger partial charge in [-0.15, -0.1) is 0 Å². The maximum atomic E-state index is 11.4. The van der Waals surface area contributed by atoms with Gasteiger partial charge in [-0.1, -0.05) is 17.7 Å². The van der Waals surface area contributed by atoms with Gasteiger partial charge >= 0.3 is 6.03 Å². The Kier molecular flexibility index (Phi) is 4.05. The minimum atomic E-state index is -0.467. The number of aryl methyl sites for hydroxylation is 1. The van der Waals surface area contributed by atoms with Crippen molar-refractivity contribution in [3.8, 4) is 0 Å². The van der Waals surface area contributed by atoms with Crippen molar-refractivity contribution in [3.05, 3.63) is 29.8 Å². The molecule has 0 bridgehead atoms. The van der Waals surface area contributed by atoms with Crippen LogP contribution in [0.2, 0.25) is 0 Å². The molecule has 1 rings (SSSR count). The number of ketones is 1. The van der Waals surface area contributed by atoms with Crippen LogP contribution in [-0.2, 0) is 4.79 Å². The lowest BCUT2D eigenvalue weighted by atomic mass is 10.2. The molecule has 0 heterocycles. The summed E-state index contributed by atoms with van der Waals surface area (Å²) in [5, 5.41) is 5.20. The number of urea groups is 1. The highest BCUT2D eigenvalue weighted by Crippen LogP contribution is 2.08. The molecule has 0 aliphatic heterocycles. The first-order chi connectivity index (χ1) is 7.49. The van der Waals surface area contributed by atoms with E-state index in [0.717, 1.165) is 5.56 Å². The van der Waals surface area contributed by atoms with Gasteiger partial charge in [-0.05, 0) is 32.9 Å². The number of hydrogen-bond donors (Lipinski definition) is 2. The van der Waals surface area contributed by atoms with Crippen molar-refractivity contribution in [1.29, 1.82) is 0 Å². The average molecular weight is 220 g/mol. The SMILES string of the molecule is CC(=O)C(C)NC(=O)Nc1ccc(C)cc1. The predicted molar refractivity (Wildman–Crippen MR) is 63.5 cm³/mol. The van der Waals surface area contributed by atoms with Gasteiger partial charge in [0.05, 0.1) is 6.04 Å². The van der Waals surface area contributed by atoms with Gasteiger partial charge < -0.3 is 10.6 Å². The van der Waals surface area contributed by atoms with Gasteiger partial charge in [-0.3, -0.25) is 4.79 Å². The molecule has 0 aliphatic rings. The number of hydrogen-bond acceptors (Lipinski definition) is 2. The zero-order valence-electron chi connectivity index (χ0n) is 9.70. The standard InChI is InChI=1S/C12H16N2O2/c1-8-4-6-11(7-5-8)14-12(16)13-9(2)10(3)15/h4-7,9H,1-3H3,(H2,13,14,16). The highest BCUT2D eigenvalue weighted by atomic mass is 16.2. The maximum absolute atomic E-state index is 11.4. The van der Waals surface area contributed by atoms with Crippen LogP contribution in [0.25, 0.3) is 0 Å². The Hall–Kier alpha value is -1.84. The van der Waals surface area contributed by atoms with Crippen LogP contribution < -0.4 is 10.6 Å². The largest absolute Gasteiger partial charge is 0.328 e. The molecule has 2 N–H and O–H groups in total. The summed E-state index contributed by atoms with van der Waals surface area (Å²) in [7, 11) is 0. The minimum absolute atomic E-state index is 0.0703. The number of Topliss-reactive ketones (excluding diaryl/α,β-unsaturated/α-hetero) is 1. The number of carbonyl (C=O) groups is 2. The molecule has 0 aromatic heterocycles. The van der Waals surface area contributed by atoms with E-state index >= 15 is 0 Å². The van der Waals surface area contributed by atoms with Gasteiger partial charge in [0.2, 0.25) is 0 Å². The van der Waals surface area contributed by atoms with E-state index in [1.807, 2.05) is 31.2 Å². The molecule has 1 aromatic carbocycles. The Morgan fingerprint density at radius 3 is 2.25 bits per heavy atom. The van der Waals surface area contributed by atoms with Crippen molar-refractivity contribution >= 4 is 17.5 Å². The molecule has 1 atom stereocenters. The molecule has 4 nitrogen and oxygen atoms in total. The van der Waals surface area contributed by atoms with E-state index in [4.69, 9.17) is 0 Å². The Balaban J connectivity index is 2.52. The van der Waals surface area contributed by atoms with E-state index < -0.39 is 6.04 Å². The number of anilines is 1. The second-order valence-corrected chi connectivity index (χ2v) is 3.80. The summed E-state index contributed by atoms with van der Waals surface area (Å²) in [5.41, 5.74) is 1.84. The summed E-state index contributed by atoms with van der Waals surface area (Å²) < 4.78 is 0. The van der Waals surface area contributed by atoms with Crippen molar-refractivity contribution in [2.24, 2.45) is 0 Å². The Labute approximate surface area is 95.0 Å². The average Bonchev–Trinajstić information content (AvgIpc) is 2.21. The fourth-order valence-corrected chi connectivity index (χ4v) is 1.10. The molecule has 0 saturated heterocycles. The third-order valence-electron chi connectivity index (χ3n) is 2.27. The Bertz CT molecular complexity index is 385. The maximum Gasteiger partial charge on any atom is 0.319 e. The van der Waals surface area contributed by atoms with E-state index in [0.29, 0.717) is 5.69 Å². The van der Waals surface area contributed by atoms with Crippen molar-refractivity contribution in [3.63, 3.8) is 0 Å². The first-order valence-electron chi connectivity index (χ1n) is 5.13. The molecule has 0 fully saturated rings. The van der Waals surface area contributed by atoms with Crippen LogP contribution in [0, 0.1) is 6.92 Å². The minimum Gasteiger partial charge on any atom is -0.328 e. The number of benzene rings is 1. The van der Waals surface area contributed by atoms with Gasteiger partial charge in [-0.2, -0.15) is 0 Å². The van der Waals surface area contributed by atoms with Crippen LogP contribution in [0.3, 0.4) is 0 Å². The highest BCUT2D eigenvalue weighted by molar-refractivity contribution is 5.93. The third-order valence-corrected chi connectivity index (χ3v) is 2.27. The smallest absolute Gasteiger partial charge is 0.319 e. The number of carbonyl (C=O) groups excluding carboxylic acids is 2. The zero-order chi connectivity index (χ0) is 12.1. The van der Waals surface area contributed by atoms with Crippen LogP contribution >= 0.6 is 0 Å². The van der Waals surface area contributed by atoms with E-state index in [1.54, 1.807) is 6.92 Å². The summed E-state index contributed by atoms with van der Waals surface area (Å²) in [6.45, 7) is 5.07. The molecular weight excluding hydrogens is 204 g/mol. The van der Waals surface area contributed by atoms with Crippen LogP contribution in [0.15, 0.2) is 24.3 Å². The van der Waals surface area contributed by atoms with Gasteiger partial charge in [-0.25, -0.2) is 4.79 Å². The Morgan fingerprint density at radius 2 is 1.75 bits per heavy atom. The molecule has 1 aromatic rings. The van der Waals surface area contributed by atoms with E-state index in [9.17, 15) is 9.59 Å². The van der Waals surface area contributed by atoms with Gasteiger partial charge in [0, 0.05) is 5.69 Å². The predicted octanol–water partition coefficient (Wildman–Crippen LogP) is 2.09. The molecule has 2 amide bonds. The number of nitrogens with one attached hydrogen (secondary N) is 2. The molecule has 86 valence electrons. The summed E-state index contributed by atoms with van der Waals surface area (Å²) >= 11 is 0. The topological polar surface area (TPSA) is 58.2 Å². The van der Waals surface area contributed by atoms with Crippen molar-refractivity contribution in [2.45, 2.75) is 26.8 Å². The highest BCUT2D eigenvalue weighted by Gasteiger charge is 2.10. The lowest BCUT2D eigenvalue weighted by molar-refractivity contribution is -0.118. The molecule has 4 heteroatoms. The first-order valence-corrected chi connectivity index (χ1v) is 5.13. The fourth-order valence-electron chi connectivity index (χ4n) is 1.10. The molecular formula is C12H16N2O2.